The number of quaternary nitrogens is 1. The number of nitrogens with zero attached hydrogens (tertiary/aromatic N) is 1. The molecule has 0 atom stereocenters. The van der Waals surface area contributed by atoms with E-state index >= 15 is 0 Å². The highest BCUT2D eigenvalue weighted by molar-refractivity contribution is 5.12. The van der Waals surface area contributed by atoms with Crippen LogP contribution in [0.1, 0.15) is 0 Å². The lowest BCUT2D eigenvalue weighted by Crippen LogP contribution is -3.00. The van der Waals surface area contributed by atoms with Gasteiger partial charge in [-0.25, -0.2) is 0 Å². The molecule has 2 nitrogen and oxygen atoms in total. The first kappa shape index (κ1) is 14.3. The fourth-order valence-corrected chi connectivity index (χ4v) is 1.58. The van der Waals surface area contributed by atoms with Crippen molar-refractivity contribution in [3.63, 3.8) is 0 Å². The van der Waals surface area contributed by atoms with Gasteiger partial charge >= 0.3 is 0 Å². The summed E-state index contributed by atoms with van der Waals surface area (Å²) in [4.78, 5) is 0. The maximum absolute atomic E-state index is 5.37. The Morgan fingerprint density at radius 2 is 2.00 bits per heavy atom. The van der Waals surface area contributed by atoms with Gasteiger partial charge in [0.05, 0.1) is 13.2 Å². The van der Waals surface area contributed by atoms with Gasteiger partial charge < -0.3 is 21.7 Å². The van der Waals surface area contributed by atoms with E-state index in [4.69, 9.17) is 11.2 Å². The zero-order valence-electron chi connectivity index (χ0n) is 8.84. The number of hydrogen-bond acceptors (Lipinski definition) is 1. The van der Waals surface area contributed by atoms with E-state index in [-0.39, 0.29) is 17.0 Å². The maximum atomic E-state index is 5.37. The summed E-state index contributed by atoms with van der Waals surface area (Å²) in [6.45, 7) is 8.63. The van der Waals surface area contributed by atoms with Crippen LogP contribution in [0.4, 0.5) is 0 Å². The van der Waals surface area contributed by atoms with E-state index in [0.717, 1.165) is 43.9 Å². The molecule has 0 bridgehead atoms. The normalized spacial score (nSPS) is 17.5. The molecule has 0 aromatic rings. The number of allylic oxidation sites excluding steroid dienone is 1. The van der Waals surface area contributed by atoms with Crippen molar-refractivity contribution in [1.82, 2.24) is 0 Å². The molecule has 0 aromatic carbocycles. The number of morpholine rings is 1. The number of hydrogen-bond donors (Lipinski definition) is 0. The number of terminal acetylenes is 1. The summed E-state index contributed by atoms with van der Waals surface area (Å²) in [5.41, 5.74) is 0. The first-order valence-corrected chi connectivity index (χ1v) is 4.78. The minimum atomic E-state index is 0. The average Bonchev–Trinajstić information content (AvgIpc) is 2.20. The zero-order valence-corrected chi connectivity index (χ0v) is 10.4. The Hall–Kier alpha value is -0.740. The smallest absolute Gasteiger partial charge is 0.142 e. The number of halogens is 1. The van der Waals surface area contributed by atoms with Crippen molar-refractivity contribution in [3.8, 4) is 24.2 Å². The Morgan fingerprint density at radius 3 is 2.53 bits per heavy atom. The Balaban J connectivity index is 0.00000196. The van der Waals surface area contributed by atoms with Crippen molar-refractivity contribution < 1.29 is 26.2 Å². The van der Waals surface area contributed by atoms with Crippen molar-refractivity contribution in [3.05, 3.63) is 12.7 Å². The fourth-order valence-electron chi connectivity index (χ4n) is 1.58. The van der Waals surface area contributed by atoms with Gasteiger partial charge in [0.25, 0.3) is 0 Å². The molecule has 1 aliphatic heterocycles. The van der Waals surface area contributed by atoms with Crippen LogP contribution in [0.25, 0.3) is 0 Å². The SMILES string of the molecule is C#CC[N+]1(CC#CC=C)CCOCC1.[Br-]. The second kappa shape index (κ2) is 7.54. The monoisotopic (exact) mass is 269 g/mol. The summed E-state index contributed by atoms with van der Waals surface area (Å²) in [7, 11) is 0. The van der Waals surface area contributed by atoms with Crippen LogP contribution in [0.2, 0.25) is 0 Å². The Kier molecular flexibility index (Phi) is 7.17. The van der Waals surface area contributed by atoms with Crippen LogP contribution in [0.15, 0.2) is 12.7 Å². The van der Waals surface area contributed by atoms with Crippen molar-refractivity contribution in [1.29, 1.82) is 0 Å². The molecule has 0 amide bonds. The molecule has 1 heterocycles. The predicted molar refractivity (Wildman–Crippen MR) is 57.4 cm³/mol. The molecule has 1 rings (SSSR count). The lowest BCUT2D eigenvalue weighted by atomic mass is 10.3. The highest BCUT2D eigenvalue weighted by Gasteiger charge is 2.28. The van der Waals surface area contributed by atoms with Gasteiger partial charge in [-0.2, -0.15) is 0 Å². The highest BCUT2D eigenvalue weighted by atomic mass is 79.9. The van der Waals surface area contributed by atoms with E-state index in [2.05, 4.69) is 24.3 Å². The molecule has 0 aromatic heterocycles. The molecule has 1 fully saturated rings. The summed E-state index contributed by atoms with van der Waals surface area (Å²) in [6.07, 6.45) is 6.99. The highest BCUT2D eigenvalue weighted by Crippen LogP contribution is 2.09. The fraction of sp³-hybridized carbons (Fsp3) is 0.500. The quantitative estimate of drug-likeness (QED) is 0.404. The van der Waals surface area contributed by atoms with E-state index < -0.39 is 0 Å². The topological polar surface area (TPSA) is 9.23 Å². The van der Waals surface area contributed by atoms with Crippen LogP contribution in [0.3, 0.4) is 0 Å². The Bertz CT molecular complexity index is 289. The van der Waals surface area contributed by atoms with Gasteiger partial charge in [-0.1, -0.05) is 12.5 Å². The van der Waals surface area contributed by atoms with Crippen molar-refractivity contribution in [2.75, 3.05) is 39.4 Å². The maximum Gasteiger partial charge on any atom is 0.142 e. The second-order valence-corrected chi connectivity index (χ2v) is 3.45. The largest absolute Gasteiger partial charge is 1.00 e. The van der Waals surface area contributed by atoms with Crippen molar-refractivity contribution in [2.45, 2.75) is 0 Å². The van der Waals surface area contributed by atoms with Gasteiger partial charge in [0.2, 0.25) is 0 Å². The van der Waals surface area contributed by atoms with Crippen LogP contribution in [0.5, 0.6) is 0 Å². The van der Waals surface area contributed by atoms with Crippen LogP contribution >= 0.6 is 0 Å². The van der Waals surface area contributed by atoms with Gasteiger partial charge in [0.1, 0.15) is 26.2 Å². The molecule has 0 N–H and O–H groups in total. The Morgan fingerprint density at radius 1 is 1.33 bits per heavy atom. The van der Waals surface area contributed by atoms with Crippen LogP contribution in [-0.4, -0.2) is 43.9 Å². The van der Waals surface area contributed by atoms with Crippen molar-refractivity contribution in [2.24, 2.45) is 0 Å². The van der Waals surface area contributed by atoms with Crippen LogP contribution < -0.4 is 17.0 Å². The molecule has 15 heavy (non-hydrogen) atoms. The van der Waals surface area contributed by atoms with Crippen molar-refractivity contribution >= 4 is 0 Å². The zero-order chi connectivity index (χ0) is 10.3. The summed E-state index contributed by atoms with van der Waals surface area (Å²) in [5.74, 6) is 8.68. The first-order chi connectivity index (χ1) is 6.83. The molecule has 0 unspecified atom stereocenters. The molecular weight excluding hydrogens is 254 g/mol. The van der Waals surface area contributed by atoms with E-state index in [0.29, 0.717) is 0 Å². The molecule has 0 radical (unpaired) electrons. The molecule has 0 saturated carbocycles. The summed E-state index contributed by atoms with van der Waals surface area (Å²) >= 11 is 0. The van der Waals surface area contributed by atoms with Gasteiger partial charge in [-0.3, -0.25) is 4.48 Å². The van der Waals surface area contributed by atoms with Gasteiger partial charge in [-0.05, 0) is 17.9 Å². The number of ether oxygens (including phenoxy) is 1. The minimum absolute atomic E-state index is 0. The second-order valence-electron chi connectivity index (χ2n) is 3.45. The molecule has 3 heteroatoms. The van der Waals surface area contributed by atoms with Crippen LogP contribution in [-0.2, 0) is 4.74 Å². The first-order valence-electron chi connectivity index (χ1n) is 4.78. The molecule has 82 valence electrons. The van der Waals surface area contributed by atoms with E-state index in [1.807, 2.05) is 0 Å². The van der Waals surface area contributed by atoms with Crippen LogP contribution in [0, 0.1) is 24.2 Å². The third kappa shape index (κ3) is 4.53. The van der Waals surface area contributed by atoms with E-state index in [1.54, 1.807) is 6.08 Å². The van der Waals surface area contributed by atoms with Gasteiger partial charge in [-0.15, -0.1) is 6.42 Å². The molecule has 0 spiro atoms. The standard InChI is InChI=1S/C12H16NO.BrH/c1-3-5-6-8-13(7-4-2)9-11-14-12-10-13;/h2-3H,1,7-12H2;1H/q+1;/p-1. The molecule has 1 aliphatic rings. The molecule has 1 saturated heterocycles. The number of rotatable bonds is 2. The average molecular weight is 270 g/mol. The summed E-state index contributed by atoms with van der Waals surface area (Å²) in [5, 5.41) is 0. The van der Waals surface area contributed by atoms with Gasteiger partial charge in [0.15, 0.2) is 0 Å². The third-order valence-corrected chi connectivity index (χ3v) is 2.47. The van der Waals surface area contributed by atoms with Gasteiger partial charge in [0, 0.05) is 0 Å². The minimum Gasteiger partial charge on any atom is -1.00 e. The molecular formula is C12H16BrNO. The lowest BCUT2D eigenvalue weighted by molar-refractivity contribution is -0.922. The Labute approximate surface area is 103 Å². The van der Waals surface area contributed by atoms with E-state index in [1.165, 1.54) is 0 Å². The predicted octanol–water partition coefficient (Wildman–Crippen LogP) is -2.34. The lowest BCUT2D eigenvalue weighted by Gasteiger charge is -2.38. The summed E-state index contributed by atoms with van der Waals surface area (Å²) in [6, 6.07) is 0. The molecule has 0 aliphatic carbocycles. The van der Waals surface area contributed by atoms with E-state index in [9.17, 15) is 0 Å². The third-order valence-electron chi connectivity index (χ3n) is 2.47. The summed E-state index contributed by atoms with van der Waals surface area (Å²) < 4.78 is 6.20.